The summed E-state index contributed by atoms with van der Waals surface area (Å²) >= 11 is 8.22. The number of para-hydroxylation sites is 1. The SMILES string of the molecule is CCOc1cc(CNCCCSc2nnnn2-c2ccccc2)c(Cl)cc1OCc1ccc(C)cc1. The zero-order valence-electron chi connectivity index (χ0n) is 20.5. The maximum Gasteiger partial charge on any atom is 0.214 e. The zero-order valence-corrected chi connectivity index (χ0v) is 22.1. The van der Waals surface area contributed by atoms with E-state index in [4.69, 9.17) is 21.1 Å². The van der Waals surface area contributed by atoms with E-state index in [2.05, 4.69) is 52.0 Å². The Kier molecular flexibility index (Phi) is 9.61. The van der Waals surface area contributed by atoms with Gasteiger partial charge in [-0.15, -0.1) is 5.10 Å². The highest BCUT2D eigenvalue weighted by atomic mass is 35.5. The Hall–Kier alpha value is -3.07. The van der Waals surface area contributed by atoms with Crippen molar-refractivity contribution < 1.29 is 9.47 Å². The highest BCUT2D eigenvalue weighted by Crippen LogP contribution is 2.34. The number of halogens is 1. The van der Waals surface area contributed by atoms with Gasteiger partial charge >= 0.3 is 0 Å². The molecule has 0 amide bonds. The number of nitrogens with zero attached hydrogens (tertiary/aromatic N) is 4. The highest BCUT2D eigenvalue weighted by molar-refractivity contribution is 7.99. The van der Waals surface area contributed by atoms with E-state index in [9.17, 15) is 0 Å². The molecule has 7 nitrogen and oxygen atoms in total. The minimum atomic E-state index is 0.458. The fourth-order valence-corrected chi connectivity index (χ4v) is 4.57. The molecule has 0 saturated carbocycles. The number of rotatable bonds is 13. The third-order valence-corrected chi connectivity index (χ3v) is 6.77. The zero-order chi connectivity index (χ0) is 25.2. The first-order valence-corrected chi connectivity index (χ1v) is 13.3. The van der Waals surface area contributed by atoms with Gasteiger partial charge in [-0.1, -0.05) is 71.4 Å². The fourth-order valence-electron chi connectivity index (χ4n) is 3.52. The second-order valence-corrected chi connectivity index (χ2v) is 9.65. The molecule has 0 radical (unpaired) electrons. The molecule has 1 aromatic heterocycles. The molecule has 9 heteroatoms. The molecular weight excluding hydrogens is 494 g/mol. The lowest BCUT2D eigenvalue weighted by atomic mass is 10.1. The van der Waals surface area contributed by atoms with Crippen LogP contribution >= 0.6 is 23.4 Å². The molecule has 0 aliphatic rings. The standard InChI is InChI=1S/C27H30ClN5O2S/c1-3-34-25-16-22(24(28)17-26(25)35-19-21-12-10-20(2)11-13-21)18-29-14-7-15-36-27-30-31-32-33(27)23-8-5-4-6-9-23/h4-6,8-13,16-17,29H,3,7,14-15,18-19H2,1-2H3. The van der Waals surface area contributed by atoms with Crippen LogP contribution in [0.15, 0.2) is 71.9 Å². The van der Waals surface area contributed by atoms with Crippen molar-refractivity contribution in [1.82, 2.24) is 25.5 Å². The molecule has 4 aromatic rings. The number of benzene rings is 3. The van der Waals surface area contributed by atoms with Crippen molar-refractivity contribution in [2.24, 2.45) is 0 Å². The van der Waals surface area contributed by atoms with Crippen molar-refractivity contribution in [1.29, 1.82) is 0 Å². The first kappa shape index (κ1) is 26.0. The van der Waals surface area contributed by atoms with Gasteiger partial charge in [0.15, 0.2) is 11.5 Å². The van der Waals surface area contributed by atoms with E-state index in [1.54, 1.807) is 16.4 Å². The molecule has 3 aromatic carbocycles. The van der Waals surface area contributed by atoms with E-state index in [0.29, 0.717) is 36.3 Å². The van der Waals surface area contributed by atoms with Crippen molar-refractivity contribution in [3.05, 3.63) is 88.4 Å². The number of nitrogens with one attached hydrogen (secondary N) is 1. The summed E-state index contributed by atoms with van der Waals surface area (Å²) < 4.78 is 13.6. The molecule has 0 saturated heterocycles. The first-order chi connectivity index (χ1) is 17.6. The van der Waals surface area contributed by atoms with Crippen LogP contribution in [0.25, 0.3) is 5.69 Å². The maximum atomic E-state index is 6.58. The summed E-state index contributed by atoms with van der Waals surface area (Å²) in [5.74, 6) is 2.25. The lowest BCUT2D eigenvalue weighted by molar-refractivity contribution is 0.269. The van der Waals surface area contributed by atoms with Crippen LogP contribution in [-0.4, -0.2) is 39.1 Å². The van der Waals surface area contributed by atoms with Crippen LogP contribution in [0.4, 0.5) is 0 Å². The minimum absolute atomic E-state index is 0.458. The quantitative estimate of drug-likeness (QED) is 0.173. The number of hydrogen-bond acceptors (Lipinski definition) is 7. The topological polar surface area (TPSA) is 74.1 Å². The number of tetrazole rings is 1. The van der Waals surface area contributed by atoms with Crippen LogP contribution in [0.3, 0.4) is 0 Å². The molecule has 0 unspecified atom stereocenters. The third-order valence-electron chi connectivity index (χ3n) is 5.41. The predicted molar refractivity (Wildman–Crippen MR) is 144 cm³/mol. The van der Waals surface area contributed by atoms with E-state index in [1.165, 1.54) is 5.56 Å². The summed E-state index contributed by atoms with van der Waals surface area (Å²) in [6.07, 6.45) is 0.958. The van der Waals surface area contributed by atoms with Gasteiger partial charge in [-0.2, -0.15) is 4.68 Å². The molecule has 4 rings (SSSR count). The van der Waals surface area contributed by atoms with E-state index in [1.807, 2.05) is 49.4 Å². The van der Waals surface area contributed by atoms with Crippen LogP contribution in [0.5, 0.6) is 11.5 Å². The van der Waals surface area contributed by atoms with E-state index < -0.39 is 0 Å². The molecule has 36 heavy (non-hydrogen) atoms. The summed E-state index contributed by atoms with van der Waals surface area (Å²) in [4.78, 5) is 0. The number of ether oxygens (including phenoxy) is 2. The molecule has 1 heterocycles. The summed E-state index contributed by atoms with van der Waals surface area (Å²) in [5, 5.41) is 17.0. The number of aryl methyl sites for hydroxylation is 1. The van der Waals surface area contributed by atoms with Gasteiger partial charge in [0, 0.05) is 23.4 Å². The monoisotopic (exact) mass is 523 g/mol. The average molecular weight is 524 g/mol. The van der Waals surface area contributed by atoms with E-state index in [0.717, 1.165) is 40.7 Å². The van der Waals surface area contributed by atoms with Crippen LogP contribution in [0, 0.1) is 6.92 Å². The maximum absolute atomic E-state index is 6.58. The molecule has 0 aliphatic carbocycles. The van der Waals surface area contributed by atoms with Gasteiger partial charge in [0.2, 0.25) is 5.16 Å². The second-order valence-electron chi connectivity index (χ2n) is 8.19. The molecular formula is C27H30ClN5O2S. The Morgan fingerprint density at radius 3 is 2.56 bits per heavy atom. The molecule has 0 aliphatic heterocycles. The fraction of sp³-hybridized carbons (Fsp3) is 0.296. The third kappa shape index (κ3) is 7.22. The highest BCUT2D eigenvalue weighted by Gasteiger charge is 2.12. The molecule has 188 valence electrons. The smallest absolute Gasteiger partial charge is 0.214 e. The first-order valence-electron chi connectivity index (χ1n) is 11.9. The summed E-state index contributed by atoms with van der Waals surface area (Å²) in [7, 11) is 0. The molecule has 0 fully saturated rings. The predicted octanol–water partition coefficient (Wildman–Crippen LogP) is 5.87. The molecule has 1 N–H and O–H groups in total. The van der Waals surface area contributed by atoms with Gasteiger partial charge in [-0.25, -0.2) is 0 Å². The van der Waals surface area contributed by atoms with Gasteiger partial charge < -0.3 is 14.8 Å². The van der Waals surface area contributed by atoms with E-state index in [-0.39, 0.29) is 0 Å². The van der Waals surface area contributed by atoms with Crippen molar-refractivity contribution in [2.45, 2.75) is 38.6 Å². The van der Waals surface area contributed by atoms with Crippen LogP contribution in [-0.2, 0) is 13.2 Å². The normalized spacial score (nSPS) is 11.0. The van der Waals surface area contributed by atoms with Crippen molar-refractivity contribution >= 4 is 23.4 Å². The van der Waals surface area contributed by atoms with Gasteiger partial charge in [0.05, 0.1) is 12.3 Å². The van der Waals surface area contributed by atoms with Crippen LogP contribution in [0.2, 0.25) is 5.02 Å². The molecule has 0 atom stereocenters. The van der Waals surface area contributed by atoms with Crippen molar-refractivity contribution in [2.75, 3.05) is 18.9 Å². The van der Waals surface area contributed by atoms with Crippen LogP contribution in [0.1, 0.15) is 30.0 Å². The average Bonchev–Trinajstić information content (AvgIpc) is 3.37. The van der Waals surface area contributed by atoms with Gasteiger partial charge in [0.1, 0.15) is 6.61 Å². The summed E-state index contributed by atoms with van der Waals surface area (Å²) in [6.45, 7) is 6.52. The number of hydrogen-bond donors (Lipinski definition) is 1. The van der Waals surface area contributed by atoms with Gasteiger partial charge in [-0.05, 0) is 66.6 Å². The summed E-state index contributed by atoms with van der Waals surface area (Å²) in [5.41, 5.74) is 4.25. The number of aromatic nitrogens is 4. The van der Waals surface area contributed by atoms with Crippen LogP contribution < -0.4 is 14.8 Å². The summed E-state index contributed by atoms with van der Waals surface area (Å²) in [6, 6.07) is 22.0. The molecule has 0 spiro atoms. The Labute approximate surface area is 221 Å². The second kappa shape index (κ2) is 13.3. The van der Waals surface area contributed by atoms with Gasteiger partial charge in [0.25, 0.3) is 0 Å². The van der Waals surface area contributed by atoms with Crippen molar-refractivity contribution in [3.63, 3.8) is 0 Å². The Bertz CT molecular complexity index is 1230. The minimum Gasteiger partial charge on any atom is -0.490 e. The Morgan fingerprint density at radius 2 is 1.78 bits per heavy atom. The lowest BCUT2D eigenvalue weighted by Crippen LogP contribution is -2.16. The van der Waals surface area contributed by atoms with Gasteiger partial charge in [-0.3, -0.25) is 0 Å². The Balaban J connectivity index is 1.26. The van der Waals surface area contributed by atoms with Crippen molar-refractivity contribution in [3.8, 4) is 17.2 Å². The van der Waals surface area contributed by atoms with E-state index >= 15 is 0 Å². The number of thioether (sulfide) groups is 1. The largest absolute Gasteiger partial charge is 0.490 e. The lowest BCUT2D eigenvalue weighted by Gasteiger charge is -2.15. The molecule has 0 bridgehead atoms. The Morgan fingerprint density at radius 1 is 1.00 bits per heavy atom.